The number of hydrogen-bond donors (Lipinski definition) is 1. The largest absolute Gasteiger partial charge is 0.478 e. The zero-order valence-corrected chi connectivity index (χ0v) is 10.5. The number of carboxylic acids is 1. The average molecular weight is 262 g/mol. The molecular weight excluding hydrogens is 248 g/mol. The maximum atomic E-state index is 12.4. The number of nitrogens with zero attached hydrogens (tertiary/aromatic N) is 2. The van der Waals surface area contributed by atoms with Crippen LogP contribution in [0.15, 0.2) is 16.5 Å². The van der Waals surface area contributed by atoms with Crippen molar-refractivity contribution in [2.75, 3.05) is 33.2 Å². The minimum absolute atomic E-state index is 0.0126. The molecule has 0 atom stereocenters. The van der Waals surface area contributed by atoms with Crippen LogP contribution < -0.4 is 0 Å². The van der Waals surface area contributed by atoms with Gasteiger partial charge < -0.3 is 19.3 Å². The summed E-state index contributed by atoms with van der Waals surface area (Å²) in [5.74, 6) is -1.37. The number of amides is 1. The van der Waals surface area contributed by atoms with E-state index in [2.05, 4.69) is 4.90 Å². The van der Waals surface area contributed by atoms with Crippen LogP contribution in [0.25, 0.3) is 11.2 Å². The van der Waals surface area contributed by atoms with Crippen molar-refractivity contribution >= 4 is 23.0 Å². The maximum absolute atomic E-state index is 12.4. The molecule has 3 rings (SSSR count). The van der Waals surface area contributed by atoms with Gasteiger partial charge in [-0.1, -0.05) is 0 Å². The van der Waals surface area contributed by atoms with Crippen LogP contribution in [0.3, 0.4) is 0 Å². The number of piperazine rings is 1. The summed E-state index contributed by atoms with van der Waals surface area (Å²) in [6.07, 6.45) is 0. The predicted octanol–water partition coefficient (Wildman–Crippen LogP) is 0.956. The summed E-state index contributed by atoms with van der Waals surface area (Å²) in [5, 5.41) is 9.21. The number of fused-ring (bicyclic) bond motifs is 2. The van der Waals surface area contributed by atoms with Crippen LogP contribution in [0.5, 0.6) is 0 Å². The number of benzene rings is 1. The third kappa shape index (κ3) is 1.84. The molecule has 1 fully saturated rings. The number of hydrogen-bond acceptors (Lipinski definition) is 4. The van der Waals surface area contributed by atoms with E-state index in [1.54, 1.807) is 17.0 Å². The lowest BCUT2D eigenvalue weighted by molar-refractivity contribution is 0.0639. The topological polar surface area (TPSA) is 74.0 Å². The molecule has 0 aromatic carbocycles. The second-order valence-electron chi connectivity index (χ2n) is 4.81. The molecule has 1 amide bonds. The Labute approximate surface area is 109 Å². The van der Waals surface area contributed by atoms with E-state index in [0.717, 1.165) is 13.1 Å². The van der Waals surface area contributed by atoms with E-state index < -0.39 is 5.97 Å². The highest BCUT2D eigenvalue weighted by atomic mass is 16.4. The van der Waals surface area contributed by atoms with Crippen molar-refractivity contribution in [1.82, 2.24) is 9.80 Å². The Morgan fingerprint density at radius 1 is 1.11 bits per heavy atom. The van der Waals surface area contributed by atoms with Crippen molar-refractivity contribution in [2.24, 2.45) is 0 Å². The predicted molar refractivity (Wildman–Crippen MR) is 67.8 cm³/mol. The van der Waals surface area contributed by atoms with Gasteiger partial charge in [0.2, 0.25) is 0 Å². The summed E-state index contributed by atoms with van der Waals surface area (Å²) >= 11 is 0. The summed E-state index contributed by atoms with van der Waals surface area (Å²) in [5.41, 5.74) is 0.798. The third-order valence-corrected chi connectivity index (χ3v) is 3.57. The molecule has 19 heavy (non-hydrogen) atoms. The van der Waals surface area contributed by atoms with Gasteiger partial charge in [-0.3, -0.25) is 4.79 Å². The Morgan fingerprint density at radius 2 is 1.68 bits per heavy atom. The zero-order valence-electron chi connectivity index (χ0n) is 10.5. The summed E-state index contributed by atoms with van der Waals surface area (Å²) < 4.78 is 5.30. The fourth-order valence-corrected chi connectivity index (χ4v) is 2.45. The van der Waals surface area contributed by atoms with Gasteiger partial charge in [0, 0.05) is 26.2 Å². The fourth-order valence-electron chi connectivity index (χ4n) is 2.45. The van der Waals surface area contributed by atoms with Crippen LogP contribution in [-0.2, 0) is 0 Å². The molecule has 2 bridgehead atoms. The normalized spacial score (nSPS) is 17.2. The first-order chi connectivity index (χ1) is 9.08. The molecule has 6 heteroatoms. The highest BCUT2D eigenvalue weighted by molar-refractivity contribution is 6.14. The monoisotopic (exact) mass is 262 g/mol. The summed E-state index contributed by atoms with van der Waals surface area (Å²) in [7, 11) is 2.00. The molecule has 2 aromatic heterocycles. The standard InChI is InChI=1S/C13H14N2O4/c1-14-4-6-15(7-5-14)12(16)10-8-2-3-9(19-8)11(10)13(17)18/h2-3H,4-7H2,1H3,(H,17,18). The molecule has 3 heterocycles. The summed E-state index contributed by atoms with van der Waals surface area (Å²) in [6, 6.07) is 3.23. The van der Waals surface area contributed by atoms with Gasteiger partial charge in [0.05, 0.1) is 0 Å². The Hall–Kier alpha value is -2.08. The minimum Gasteiger partial charge on any atom is -0.478 e. The Balaban J connectivity index is 1.94. The second kappa shape index (κ2) is 4.24. The van der Waals surface area contributed by atoms with Gasteiger partial charge in [-0.15, -0.1) is 0 Å². The van der Waals surface area contributed by atoms with Crippen LogP contribution in [0.2, 0.25) is 0 Å². The van der Waals surface area contributed by atoms with Crippen molar-refractivity contribution < 1.29 is 19.1 Å². The molecular formula is C13H14N2O4. The van der Waals surface area contributed by atoms with Gasteiger partial charge in [-0.2, -0.15) is 0 Å². The van der Waals surface area contributed by atoms with E-state index >= 15 is 0 Å². The first-order valence-electron chi connectivity index (χ1n) is 6.14. The number of carbonyl (C=O) groups excluding carboxylic acids is 1. The smallest absolute Gasteiger partial charge is 0.340 e. The SMILES string of the molecule is CN1CCN(C(=O)c2c(C(=O)O)c3ccc2o3)CC1. The molecule has 1 aliphatic heterocycles. The maximum Gasteiger partial charge on any atom is 0.340 e. The van der Waals surface area contributed by atoms with E-state index in [1.165, 1.54) is 0 Å². The Kier molecular flexibility index (Phi) is 2.67. The number of carboxylic acid groups (broad SMARTS) is 1. The van der Waals surface area contributed by atoms with Crippen molar-refractivity contribution in [3.8, 4) is 0 Å². The van der Waals surface area contributed by atoms with E-state index in [1.807, 2.05) is 7.05 Å². The van der Waals surface area contributed by atoms with Crippen molar-refractivity contribution in [3.05, 3.63) is 23.3 Å². The minimum atomic E-state index is -1.12. The molecule has 2 aromatic rings. The molecule has 0 unspecified atom stereocenters. The van der Waals surface area contributed by atoms with E-state index in [-0.39, 0.29) is 22.6 Å². The number of likely N-dealkylation sites (N-methyl/N-ethyl adjacent to an activating group) is 1. The molecule has 0 saturated carbocycles. The molecule has 1 aliphatic rings. The molecule has 0 radical (unpaired) electrons. The van der Waals surface area contributed by atoms with Crippen molar-refractivity contribution in [2.45, 2.75) is 0 Å². The molecule has 6 nitrogen and oxygen atoms in total. The van der Waals surface area contributed by atoms with Crippen LogP contribution in [0.4, 0.5) is 0 Å². The van der Waals surface area contributed by atoms with Gasteiger partial charge >= 0.3 is 5.97 Å². The first-order valence-corrected chi connectivity index (χ1v) is 6.14. The third-order valence-electron chi connectivity index (χ3n) is 3.57. The van der Waals surface area contributed by atoms with Crippen LogP contribution in [0.1, 0.15) is 20.7 Å². The van der Waals surface area contributed by atoms with Crippen LogP contribution >= 0.6 is 0 Å². The highest BCUT2D eigenvalue weighted by Gasteiger charge is 2.31. The first kappa shape index (κ1) is 12.0. The quantitative estimate of drug-likeness (QED) is 0.872. The Bertz CT molecular complexity index is 625. The lowest BCUT2D eigenvalue weighted by Gasteiger charge is -2.32. The number of rotatable bonds is 2. The van der Waals surface area contributed by atoms with Crippen molar-refractivity contribution in [1.29, 1.82) is 0 Å². The zero-order chi connectivity index (χ0) is 13.6. The number of furan rings is 2. The Morgan fingerprint density at radius 3 is 2.26 bits per heavy atom. The number of carbonyl (C=O) groups is 2. The van der Waals surface area contributed by atoms with Gasteiger partial charge in [0.1, 0.15) is 22.3 Å². The highest BCUT2D eigenvalue weighted by Crippen LogP contribution is 2.30. The second-order valence-corrected chi connectivity index (χ2v) is 4.81. The van der Waals surface area contributed by atoms with Gasteiger partial charge in [-0.25, -0.2) is 4.79 Å². The summed E-state index contributed by atoms with van der Waals surface area (Å²) in [4.78, 5) is 27.5. The van der Waals surface area contributed by atoms with Crippen molar-refractivity contribution in [3.63, 3.8) is 0 Å². The van der Waals surface area contributed by atoms with Crippen LogP contribution in [0, 0.1) is 0 Å². The lowest BCUT2D eigenvalue weighted by atomic mass is 10.1. The van der Waals surface area contributed by atoms with Gasteiger partial charge in [0.25, 0.3) is 5.91 Å². The van der Waals surface area contributed by atoms with Gasteiger partial charge in [0.15, 0.2) is 0 Å². The molecule has 0 aliphatic carbocycles. The molecule has 1 N–H and O–H groups in total. The molecule has 100 valence electrons. The van der Waals surface area contributed by atoms with Gasteiger partial charge in [-0.05, 0) is 19.2 Å². The summed E-state index contributed by atoms with van der Waals surface area (Å²) in [6.45, 7) is 2.81. The van der Waals surface area contributed by atoms with E-state index in [0.29, 0.717) is 18.7 Å². The van der Waals surface area contributed by atoms with E-state index in [9.17, 15) is 14.7 Å². The lowest BCUT2D eigenvalue weighted by Crippen LogP contribution is -2.47. The average Bonchev–Trinajstić information content (AvgIpc) is 2.98. The molecule has 0 spiro atoms. The molecule has 1 saturated heterocycles. The number of aromatic carboxylic acids is 1. The van der Waals surface area contributed by atoms with E-state index in [4.69, 9.17) is 4.42 Å². The fraction of sp³-hybridized carbons (Fsp3) is 0.385. The van der Waals surface area contributed by atoms with Crippen LogP contribution in [-0.4, -0.2) is 60.0 Å².